The molecule has 0 amide bonds. The minimum absolute atomic E-state index is 0.214. The first-order chi connectivity index (χ1) is 11.1. The highest BCUT2D eigenvalue weighted by molar-refractivity contribution is 5.94. The molecule has 0 saturated heterocycles. The Bertz CT molecular complexity index is 748. The Kier molecular flexibility index (Phi) is 4.28. The Morgan fingerprint density at radius 2 is 1.87 bits per heavy atom. The van der Waals surface area contributed by atoms with E-state index in [0.29, 0.717) is 24.3 Å². The summed E-state index contributed by atoms with van der Waals surface area (Å²) in [6.07, 6.45) is 3.13. The lowest BCUT2D eigenvalue weighted by Crippen LogP contribution is -2.20. The lowest BCUT2D eigenvalue weighted by Gasteiger charge is -2.25. The number of methoxy groups -OCH3 is 1. The van der Waals surface area contributed by atoms with Crippen molar-refractivity contribution >= 4 is 22.8 Å². The molecule has 1 fully saturated rings. The Balaban J connectivity index is 1.81. The topological polar surface area (TPSA) is 76.5 Å². The van der Waals surface area contributed by atoms with Crippen molar-refractivity contribution in [1.29, 1.82) is 0 Å². The Morgan fingerprint density at radius 3 is 2.52 bits per heavy atom. The van der Waals surface area contributed by atoms with E-state index in [1.165, 1.54) is 7.11 Å². The number of carbonyl (C=O) groups is 2. The summed E-state index contributed by atoms with van der Waals surface area (Å²) >= 11 is 0. The number of aromatic nitrogens is 1. The van der Waals surface area contributed by atoms with Crippen molar-refractivity contribution in [2.45, 2.75) is 31.6 Å². The molecular weight excluding hydrogens is 294 g/mol. The largest absolute Gasteiger partial charge is 0.481 e. The Hall–Kier alpha value is -2.43. The zero-order valence-corrected chi connectivity index (χ0v) is 13.0. The van der Waals surface area contributed by atoms with Crippen molar-refractivity contribution in [1.82, 2.24) is 4.98 Å². The zero-order chi connectivity index (χ0) is 16.4. The molecule has 1 aromatic carbocycles. The van der Waals surface area contributed by atoms with Crippen LogP contribution in [0.25, 0.3) is 10.9 Å². The maximum Gasteiger partial charge on any atom is 0.337 e. The second-order valence-electron chi connectivity index (χ2n) is 6.02. The number of aliphatic carboxylic acids is 1. The average molecular weight is 313 g/mol. The third-order valence-corrected chi connectivity index (χ3v) is 4.63. The number of carbonyl (C=O) groups excluding carboxylic acids is 1. The number of ether oxygens (including phenoxy) is 1. The Morgan fingerprint density at radius 1 is 1.13 bits per heavy atom. The second kappa shape index (κ2) is 6.36. The molecule has 3 rings (SSSR count). The first-order valence-electron chi connectivity index (χ1n) is 7.80. The van der Waals surface area contributed by atoms with Crippen LogP contribution in [0.5, 0.6) is 0 Å². The summed E-state index contributed by atoms with van der Waals surface area (Å²) in [7, 11) is 1.36. The van der Waals surface area contributed by atoms with Crippen molar-refractivity contribution in [2.75, 3.05) is 7.11 Å². The number of carboxylic acids is 1. The summed E-state index contributed by atoms with van der Waals surface area (Å²) in [4.78, 5) is 27.3. The summed E-state index contributed by atoms with van der Waals surface area (Å²) in [5.41, 5.74) is 2.36. The van der Waals surface area contributed by atoms with Crippen LogP contribution < -0.4 is 0 Å². The highest BCUT2D eigenvalue weighted by Crippen LogP contribution is 2.35. The highest BCUT2D eigenvalue weighted by atomic mass is 16.5. The molecule has 0 radical (unpaired) electrons. The molecule has 5 nitrogen and oxygen atoms in total. The van der Waals surface area contributed by atoms with Gasteiger partial charge in [-0.1, -0.05) is 6.07 Å². The number of fused-ring (bicyclic) bond motifs is 1. The van der Waals surface area contributed by atoms with Gasteiger partial charge >= 0.3 is 11.9 Å². The monoisotopic (exact) mass is 313 g/mol. The van der Waals surface area contributed by atoms with Crippen LogP contribution >= 0.6 is 0 Å². The molecule has 5 heteroatoms. The van der Waals surface area contributed by atoms with Crippen LogP contribution in [-0.4, -0.2) is 29.1 Å². The van der Waals surface area contributed by atoms with Gasteiger partial charge in [0.2, 0.25) is 0 Å². The molecule has 1 heterocycles. The van der Waals surface area contributed by atoms with Gasteiger partial charge in [-0.25, -0.2) is 4.79 Å². The summed E-state index contributed by atoms with van der Waals surface area (Å²) in [6.45, 7) is 0. The van der Waals surface area contributed by atoms with Crippen LogP contribution in [0.3, 0.4) is 0 Å². The van der Waals surface area contributed by atoms with E-state index in [9.17, 15) is 9.59 Å². The molecule has 0 bridgehead atoms. The van der Waals surface area contributed by atoms with Gasteiger partial charge in [0.1, 0.15) is 0 Å². The number of carboxylic acid groups (broad SMARTS) is 1. The van der Waals surface area contributed by atoms with Gasteiger partial charge < -0.3 is 9.84 Å². The fraction of sp³-hybridized carbons (Fsp3) is 0.389. The number of esters is 1. The fourth-order valence-electron chi connectivity index (χ4n) is 3.25. The molecule has 0 unspecified atom stereocenters. The van der Waals surface area contributed by atoms with E-state index in [2.05, 4.69) is 0 Å². The molecule has 1 N–H and O–H groups in total. The number of pyridine rings is 1. The number of nitrogens with zero attached hydrogens (tertiary/aromatic N) is 1. The van der Waals surface area contributed by atoms with Crippen LogP contribution in [0.15, 0.2) is 30.3 Å². The molecule has 1 aliphatic carbocycles. The van der Waals surface area contributed by atoms with Gasteiger partial charge in [0.05, 0.1) is 24.1 Å². The fourth-order valence-corrected chi connectivity index (χ4v) is 3.25. The van der Waals surface area contributed by atoms with Gasteiger partial charge in [-0.15, -0.1) is 0 Å². The second-order valence-corrected chi connectivity index (χ2v) is 6.02. The van der Waals surface area contributed by atoms with Gasteiger partial charge in [0, 0.05) is 17.0 Å². The predicted molar refractivity (Wildman–Crippen MR) is 85.4 cm³/mol. The SMILES string of the molecule is COC(=O)c1ccc2nc(C3CCC(C(=O)O)CC3)ccc2c1. The summed E-state index contributed by atoms with van der Waals surface area (Å²) in [5, 5.41) is 9.97. The quantitative estimate of drug-likeness (QED) is 0.879. The zero-order valence-electron chi connectivity index (χ0n) is 13.0. The first kappa shape index (κ1) is 15.5. The van der Waals surface area contributed by atoms with E-state index in [1.807, 2.05) is 18.2 Å². The van der Waals surface area contributed by atoms with Crippen LogP contribution in [0, 0.1) is 5.92 Å². The van der Waals surface area contributed by atoms with Gasteiger partial charge in [0.15, 0.2) is 0 Å². The number of hydrogen-bond acceptors (Lipinski definition) is 4. The summed E-state index contributed by atoms with van der Waals surface area (Å²) in [5.74, 6) is -0.946. The van der Waals surface area contributed by atoms with Crippen LogP contribution in [0.1, 0.15) is 47.7 Å². The van der Waals surface area contributed by atoms with Crippen molar-refractivity contribution in [3.8, 4) is 0 Å². The minimum Gasteiger partial charge on any atom is -0.481 e. The molecule has 23 heavy (non-hydrogen) atoms. The van der Waals surface area contributed by atoms with E-state index in [-0.39, 0.29) is 11.9 Å². The highest BCUT2D eigenvalue weighted by Gasteiger charge is 2.27. The van der Waals surface area contributed by atoms with Crippen LogP contribution in [-0.2, 0) is 9.53 Å². The normalized spacial score (nSPS) is 21.1. The van der Waals surface area contributed by atoms with E-state index >= 15 is 0 Å². The minimum atomic E-state index is -0.690. The van der Waals surface area contributed by atoms with Crippen LogP contribution in [0.2, 0.25) is 0 Å². The van der Waals surface area contributed by atoms with E-state index in [4.69, 9.17) is 14.8 Å². The third kappa shape index (κ3) is 3.18. The van der Waals surface area contributed by atoms with Crippen molar-refractivity contribution in [3.05, 3.63) is 41.6 Å². The molecule has 2 aromatic rings. The van der Waals surface area contributed by atoms with E-state index < -0.39 is 5.97 Å². The lowest BCUT2D eigenvalue weighted by atomic mass is 9.80. The molecule has 0 aliphatic heterocycles. The summed E-state index contributed by atoms with van der Waals surface area (Å²) < 4.78 is 4.73. The maximum absolute atomic E-state index is 11.6. The van der Waals surface area contributed by atoms with Gasteiger partial charge in [-0.2, -0.15) is 0 Å². The van der Waals surface area contributed by atoms with E-state index in [0.717, 1.165) is 29.4 Å². The Labute approximate surface area is 134 Å². The van der Waals surface area contributed by atoms with Crippen LogP contribution in [0.4, 0.5) is 0 Å². The van der Waals surface area contributed by atoms with Gasteiger partial charge in [0.25, 0.3) is 0 Å². The summed E-state index contributed by atoms with van der Waals surface area (Å²) in [6, 6.07) is 9.27. The van der Waals surface area contributed by atoms with Crippen molar-refractivity contribution in [3.63, 3.8) is 0 Å². The number of rotatable bonds is 3. The van der Waals surface area contributed by atoms with Crippen molar-refractivity contribution in [2.24, 2.45) is 5.92 Å². The molecule has 1 saturated carbocycles. The molecule has 0 atom stereocenters. The van der Waals surface area contributed by atoms with Crippen molar-refractivity contribution < 1.29 is 19.4 Å². The van der Waals surface area contributed by atoms with Gasteiger partial charge in [-0.05, 0) is 49.9 Å². The molecular formula is C18H19NO4. The number of hydrogen-bond donors (Lipinski definition) is 1. The first-order valence-corrected chi connectivity index (χ1v) is 7.80. The molecule has 1 aromatic heterocycles. The molecule has 120 valence electrons. The van der Waals surface area contributed by atoms with Gasteiger partial charge in [-0.3, -0.25) is 9.78 Å². The van der Waals surface area contributed by atoms with E-state index in [1.54, 1.807) is 12.1 Å². The average Bonchev–Trinajstić information content (AvgIpc) is 2.60. The smallest absolute Gasteiger partial charge is 0.337 e. The molecule has 0 spiro atoms. The number of benzene rings is 1. The third-order valence-electron chi connectivity index (χ3n) is 4.63. The maximum atomic E-state index is 11.6. The lowest BCUT2D eigenvalue weighted by molar-refractivity contribution is -0.142. The molecule has 1 aliphatic rings. The predicted octanol–water partition coefficient (Wildman–Crippen LogP) is 3.38. The standard InChI is InChI=1S/C18H19NO4/c1-23-18(22)14-7-9-16-13(10-14)6-8-15(19-16)11-2-4-12(5-3-11)17(20)21/h6-12H,2-5H2,1H3,(H,20,21).